The third-order valence-corrected chi connectivity index (χ3v) is 10.0. The van der Waals surface area contributed by atoms with Crippen molar-refractivity contribution in [1.82, 2.24) is 9.97 Å². The number of anilines is 1. The van der Waals surface area contributed by atoms with Gasteiger partial charge in [0.05, 0.1) is 5.41 Å². The van der Waals surface area contributed by atoms with Gasteiger partial charge in [-0.25, -0.2) is 18.4 Å². The van der Waals surface area contributed by atoms with E-state index in [1.54, 1.807) is 6.20 Å². The summed E-state index contributed by atoms with van der Waals surface area (Å²) in [5, 5.41) is -0.178. The molecular weight excluding hydrogens is 342 g/mol. The average molecular weight is 366 g/mol. The van der Waals surface area contributed by atoms with Crippen molar-refractivity contribution in [3.8, 4) is 0 Å². The summed E-state index contributed by atoms with van der Waals surface area (Å²) in [5.74, 6) is 0.670. The SMILES string of the molecule is C[Si]1(C)CCC(N2C(=O)C3(CC3)c3cnc(S(C)(=O)=O)nc32)CC1. The second kappa shape index (κ2) is 4.88. The Morgan fingerprint density at radius 1 is 1.25 bits per heavy atom. The monoisotopic (exact) mass is 365 g/mol. The van der Waals surface area contributed by atoms with E-state index in [9.17, 15) is 13.2 Å². The molecule has 0 radical (unpaired) electrons. The lowest BCUT2D eigenvalue weighted by Gasteiger charge is -2.37. The van der Waals surface area contributed by atoms with E-state index < -0.39 is 23.3 Å². The van der Waals surface area contributed by atoms with Crippen LogP contribution in [0, 0.1) is 0 Å². The highest BCUT2D eigenvalue weighted by atomic mass is 32.2. The number of hydrogen-bond acceptors (Lipinski definition) is 5. The standard InChI is InChI=1S/C16H23N3O3SSi/c1-23(21,22)15-17-10-12-13(18-15)19(14(20)16(12)6-7-16)11-4-8-24(2,3)9-5-11/h10-11H,4-9H2,1-3H3. The Labute approximate surface area is 143 Å². The van der Waals surface area contributed by atoms with Crippen molar-refractivity contribution in [3.05, 3.63) is 11.8 Å². The topological polar surface area (TPSA) is 80.2 Å². The number of aromatic nitrogens is 2. The van der Waals surface area contributed by atoms with E-state index in [4.69, 9.17) is 0 Å². The summed E-state index contributed by atoms with van der Waals surface area (Å²) in [7, 11) is -4.61. The van der Waals surface area contributed by atoms with Crippen LogP contribution in [-0.4, -0.2) is 44.7 Å². The van der Waals surface area contributed by atoms with E-state index in [0.717, 1.165) is 37.5 Å². The van der Waals surface area contributed by atoms with Gasteiger partial charge in [0.1, 0.15) is 5.82 Å². The van der Waals surface area contributed by atoms with Gasteiger partial charge in [-0.15, -0.1) is 0 Å². The molecule has 0 atom stereocenters. The maximum Gasteiger partial charge on any atom is 0.248 e. The summed E-state index contributed by atoms with van der Waals surface area (Å²) < 4.78 is 23.7. The number of carbonyl (C=O) groups is 1. The van der Waals surface area contributed by atoms with Crippen LogP contribution in [0.4, 0.5) is 5.82 Å². The van der Waals surface area contributed by atoms with Crippen molar-refractivity contribution < 1.29 is 13.2 Å². The first-order valence-electron chi connectivity index (χ1n) is 8.55. The summed E-state index contributed by atoms with van der Waals surface area (Å²) in [6.45, 7) is 4.80. The summed E-state index contributed by atoms with van der Waals surface area (Å²) >= 11 is 0. The fourth-order valence-corrected chi connectivity index (χ4v) is 7.06. The number of sulfone groups is 1. The first kappa shape index (κ1) is 16.2. The molecule has 1 aromatic rings. The van der Waals surface area contributed by atoms with Gasteiger partial charge in [0, 0.05) is 32.1 Å². The van der Waals surface area contributed by atoms with E-state index in [2.05, 4.69) is 23.1 Å². The normalized spacial score (nSPS) is 25.1. The highest BCUT2D eigenvalue weighted by Gasteiger charge is 2.61. The first-order valence-corrected chi connectivity index (χ1v) is 13.9. The molecule has 4 rings (SSSR count). The second-order valence-corrected chi connectivity index (χ2v) is 15.6. The molecule has 1 saturated heterocycles. The summed E-state index contributed by atoms with van der Waals surface area (Å²) in [6.07, 6.45) is 6.33. The van der Waals surface area contributed by atoms with E-state index in [0.29, 0.717) is 5.82 Å². The fraction of sp³-hybridized carbons (Fsp3) is 0.688. The van der Waals surface area contributed by atoms with Crippen LogP contribution >= 0.6 is 0 Å². The number of rotatable bonds is 2. The zero-order chi connectivity index (χ0) is 17.3. The number of hydrogen-bond donors (Lipinski definition) is 0. The minimum atomic E-state index is -3.48. The number of carbonyl (C=O) groups excluding carboxylic acids is 1. The molecule has 2 aliphatic heterocycles. The Hall–Kier alpha value is -1.28. The van der Waals surface area contributed by atoms with E-state index in [1.165, 1.54) is 12.1 Å². The van der Waals surface area contributed by atoms with Crippen LogP contribution in [0.3, 0.4) is 0 Å². The van der Waals surface area contributed by atoms with E-state index in [1.807, 2.05) is 4.90 Å². The minimum Gasteiger partial charge on any atom is -0.293 e. The average Bonchev–Trinajstić information content (AvgIpc) is 3.25. The van der Waals surface area contributed by atoms with Gasteiger partial charge in [-0.1, -0.05) is 25.2 Å². The fourth-order valence-electron chi connectivity index (χ4n) is 4.09. The first-order chi connectivity index (χ1) is 11.1. The molecule has 0 unspecified atom stereocenters. The summed E-state index contributed by atoms with van der Waals surface area (Å²) in [5.41, 5.74) is 0.373. The van der Waals surface area contributed by atoms with Crippen molar-refractivity contribution in [2.75, 3.05) is 11.2 Å². The van der Waals surface area contributed by atoms with Crippen molar-refractivity contribution in [2.24, 2.45) is 0 Å². The lowest BCUT2D eigenvalue weighted by Crippen LogP contribution is -2.46. The number of amides is 1. The molecule has 1 spiro atoms. The maximum absolute atomic E-state index is 13.1. The molecule has 1 aromatic heterocycles. The molecule has 0 aromatic carbocycles. The number of nitrogens with zero attached hydrogens (tertiary/aromatic N) is 3. The quantitative estimate of drug-likeness (QED) is 0.592. The Balaban J connectivity index is 1.76. The van der Waals surface area contributed by atoms with Crippen molar-refractivity contribution >= 4 is 29.6 Å². The van der Waals surface area contributed by atoms with Crippen LogP contribution in [0.5, 0.6) is 0 Å². The molecule has 0 N–H and O–H groups in total. The molecule has 130 valence electrons. The molecule has 1 aliphatic carbocycles. The molecule has 1 saturated carbocycles. The van der Waals surface area contributed by atoms with Gasteiger partial charge < -0.3 is 0 Å². The zero-order valence-electron chi connectivity index (χ0n) is 14.4. The molecule has 3 heterocycles. The second-order valence-electron chi connectivity index (χ2n) is 8.31. The lowest BCUT2D eigenvalue weighted by atomic mass is 10.0. The maximum atomic E-state index is 13.1. The van der Waals surface area contributed by atoms with E-state index in [-0.39, 0.29) is 17.1 Å². The van der Waals surface area contributed by atoms with Gasteiger partial charge in [0.15, 0.2) is 0 Å². The predicted molar refractivity (Wildman–Crippen MR) is 93.7 cm³/mol. The van der Waals surface area contributed by atoms with Crippen LogP contribution in [0.25, 0.3) is 0 Å². The largest absolute Gasteiger partial charge is 0.293 e. The Bertz CT molecular complexity index is 823. The lowest BCUT2D eigenvalue weighted by molar-refractivity contribution is -0.120. The molecule has 8 heteroatoms. The van der Waals surface area contributed by atoms with Gasteiger partial charge in [0.2, 0.25) is 20.9 Å². The Morgan fingerprint density at radius 2 is 1.88 bits per heavy atom. The Kier molecular flexibility index (Phi) is 3.29. The zero-order valence-corrected chi connectivity index (χ0v) is 16.2. The van der Waals surface area contributed by atoms with Crippen molar-refractivity contribution in [3.63, 3.8) is 0 Å². The van der Waals surface area contributed by atoms with Crippen LogP contribution < -0.4 is 4.90 Å². The molecule has 24 heavy (non-hydrogen) atoms. The van der Waals surface area contributed by atoms with Crippen LogP contribution in [0.15, 0.2) is 11.4 Å². The molecular formula is C16H23N3O3SSi. The van der Waals surface area contributed by atoms with Gasteiger partial charge in [-0.3, -0.25) is 9.69 Å². The Morgan fingerprint density at radius 3 is 2.42 bits per heavy atom. The third-order valence-electron chi connectivity index (χ3n) is 5.87. The van der Waals surface area contributed by atoms with Gasteiger partial charge in [0.25, 0.3) is 0 Å². The minimum absolute atomic E-state index is 0.115. The highest BCUT2D eigenvalue weighted by Crippen LogP contribution is 2.57. The van der Waals surface area contributed by atoms with Crippen LogP contribution in [-0.2, 0) is 20.0 Å². The van der Waals surface area contributed by atoms with E-state index >= 15 is 0 Å². The van der Waals surface area contributed by atoms with Gasteiger partial charge >= 0.3 is 0 Å². The van der Waals surface area contributed by atoms with Crippen molar-refractivity contribution in [1.29, 1.82) is 0 Å². The summed E-state index contributed by atoms with van der Waals surface area (Å²) in [4.78, 5) is 23.3. The predicted octanol–water partition coefficient (Wildman–Crippen LogP) is 2.13. The highest BCUT2D eigenvalue weighted by molar-refractivity contribution is 7.90. The van der Waals surface area contributed by atoms with Crippen LogP contribution in [0.2, 0.25) is 25.2 Å². The smallest absolute Gasteiger partial charge is 0.248 e. The number of fused-ring (bicyclic) bond motifs is 2. The van der Waals surface area contributed by atoms with Gasteiger partial charge in [-0.2, -0.15) is 0 Å². The van der Waals surface area contributed by atoms with Crippen LogP contribution in [0.1, 0.15) is 31.2 Å². The third kappa shape index (κ3) is 2.34. The van der Waals surface area contributed by atoms with Crippen molar-refractivity contribution in [2.45, 2.75) is 67.5 Å². The molecule has 1 amide bonds. The molecule has 0 bridgehead atoms. The summed E-state index contributed by atoms with van der Waals surface area (Å²) in [6, 6.07) is 2.56. The van der Waals surface area contributed by atoms with Gasteiger partial charge in [-0.05, 0) is 25.7 Å². The molecule has 2 fully saturated rings. The molecule has 3 aliphatic rings. The molecule has 6 nitrogen and oxygen atoms in total.